The Kier molecular flexibility index (Phi) is 9.14. The molecule has 0 spiro atoms. The van der Waals surface area contributed by atoms with Crippen molar-refractivity contribution in [3.8, 4) is 16.9 Å². The van der Waals surface area contributed by atoms with E-state index in [1.807, 2.05) is 0 Å². The molecule has 1 amide bonds. The molecule has 0 fully saturated rings. The number of unbranched alkanes of at least 4 members (excludes halogenated alkanes) is 1. The molecule has 0 aliphatic carbocycles. The van der Waals surface area contributed by atoms with Gasteiger partial charge in [-0.1, -0.05) is 38.0 Å². The van der Waals surface area contributed by atoms with Crippen LogP contribution in [0.15, 0.2) is 46.9 Å². The van der Waals surface area contributed by atoms with E-state index in [0.29, 0.717) is 18.4 Å². The number of hydrogen-bond acceptors (Lipinski definition) is 4. The minimum atomic E-state index is -4.53. The molecule has 0 aliphatic heterocycles. The van der Waals surface area contributed by atoms with Crippen LogP contribution in [0.3, 0.4) is 0 Å². The molecule has 1 unspecified atom stereocenters. The zero-order valence-corrected chi connectivity index (χ0v) is 19.5. The Morgan fingerprint density at radius 1 is 1.11 bits per heavy atom. The zero-order chi connectivity index (χ0) is 25.4. The Morgan fingerprint density at radius 3 is 2.57 bits per heavy atom. The van der Waals surface area contributed by atoms with Gasteiger partial charge in [-0.25, -0.2) is 4.39 Å². The van der Waals surface area contributed by atoms with Gasteiger partial charge in [-0.2, -0.15) is 13.2 Å². The third-order valence-corrected chi connectivity index (χ3v) is 5.67. The molecule has 0 bridgehead atoms. The van der Waals surface area contributed by atoms with Crippen molar-refractivity contribution in [1.82, 2.24) is 5.32 Å². The highest BCUT2D eigenvalue weighted by Crippen LogP contribution is 2.37. The third-order valence-electron chi connectivity index (χ3n) is 5.67. The summed E-state index contributed by atoms with van der Waals surface area (Å²) >= 11 is 0. The summed E-state index contributed by atoms with van der Waals surface area (Å²) in [4.78, 5) is 12.6. The number of nitrogens with one attached hydrogen (secondary N) is 1. The predicted octanol–water partition coefficient (Wildman–Crippen LogP) is 6.49. The summed E-state index contributed by atoms with van der Waals surface area (Å²) in [6.07, 6.45) is -0.0349. The average Bonchev–Trinajstić information content (AvgIpc) is 3.25. The Labute approximate surface area is 201 Å². The first-order chi connectivity index (χ1) is 16.7. The minimum absolute atomic E-state index is 0.0368. The van der Waals surface area contributed by atoms with Crippen LogP contribution in [-0.4, -0.2) is 36.9 Å². The van der Waals surface area contributed by atoms with E-state index in [-0.39, 0.29) is 40.7 Å². The normalized spacial score (nSPS) is 12.6. The van der Waals surface area contributed by atoms with Crippen LogP contribution in [0.25, 0.3) is 22.1 Å². The number of halogens is 4. The minimum Gasteiger partial charge on any atom is -0.483 e. The summed E-state index contributed by atoms with van der Waals surface area (Å²) in [7, 11) is 0. The SMILES string of the molecule is CCCCC(CO)CCCNC(=O)c1cc2cc(F)cc(-c3ccccc3OCC(F)(F)F)c2o1. The fourth-order valence-electron chi connectivity index (χ4n) is 3.90. The van der Waals surface area contributed by atoms with Gasteiger partial charge < -0.3 is 19.6 Å². The summed E-state index contributed by atoms with van der Waals surface area (Å²) in [6, 6.07) is 9.67. The average molecular weight is 496 g/mol. The molecule has 1 heterocycles. The molecule has 1 atom stereocenters. The second kappa shape index (κ2) is 12.1. The lowest BCUT2D eigenvalue weighted by Gasteiger charge is -2.13. The summed E-state index contributed by atoms with van der Waals surface area (Å²) in [5, 5.41) is 12.5. The van der Waals surface area contributed by atoms with Gasteiger partial charge in [0.05, 0.1) is 0 Å². The van der Waals surface area contributed by atoms with Crippen LogP contribution in [-0.2, 0) is 0 Å². The van der Waals surface area contributed by atoms with E-state index in [4.69, 9.17) is 9.15 Å². The summed E-state index contributed by atoms with van der Waals surface area (Å²) in [5.74, 6) is -1.04. The maximum atomic E-state index is 14.4. The van der Waals surface area contributed by atoms with E-state index in [0.717, 1.165) is 31.7 Å². The molecule has 1 aromatic heterocycles. The van der Waals surface area contributed by atoms with E-state index in [1.165, 1.54) is 30.3 Å². The van der Waals surface area contributed by atoms with Gasteiger partial charge in [0.15, 0.2) is 12.4 Å². The molecule has 5 nitrogen and oxygen atoms in total. The molecule has 190 valence electrons. The van der Waals surface area contributed by atoms with Crippen molar-refractivity contribution in [3.63, 3.8) is 0 Å². The van der Waals surface area contributed by atoms with Crippen LogP contribution in [0.4, 0.5) is 17.6 Å². The number of rotatable bonds is 12. The number of carbonyl (C=O) groups is 1. The van der Waals surface area contributed by atoms with Crippen molar-refractivity contribution in [2.75, 3.05) is 19.8 Å². The lowest BCUT2D eigenvalue weighted by atomic mass is 9.98. The standard InChI is InChI=1S/C26H29F4NO4/c1-2-3-7-17(15-32)8-6-11-31-25(33)23-13-18-12-19(27)14-21(24(18)35-23)20-9-4-5-10-22(20)34-16-26(28,29)30/h4-5,9-10,12-14,17,32H,2-3,6-8,11,15-16H2,1H3,(H,31,33). The smallest absolute Gasteiger partial charge is 0.422 e. The van der Waals surface area contributed by atoms with Crippen LogP contribution < -0.4 is 10.1 Å². The molecule has 0 saturated heterocycles. The third kappa shape index (κ3) is 7.45. The number of ether oxygens (including phenoxy) is 1. The molecular weight excluding hydrogens is 466 g/mol. The molecule has 3 aromatic rings. The van der Waals surface area contributed by atoms with Crippen molar-refractivity contribution in [3.05, 3.63) is 54.0 Å². The fourth-order valence-corrected chi connectivity index (χ4v) is 3.90. The van der Waals surface area contributed by atoms with E-state index < -0.39 is 24.5 Å². The van der Waals surface area contributed by atoms with Crippen molar-refractivity contribution in [1.29, 1.82) is 0 Å². The molecule has 3 rings (SSSR count). The Balaban J connectivity index is 1.77. The molecule has 0 saturated carbocycles. The molecule has 35 heavy (non-hydrogen) atoms. The number of hydrogen-bond donors (Lipinski definition) is 2. The van der Waals surface area contributed by atoms with E-state index in [9.17, 15) is 27.5 Å². The van der Waals surface area contributed by atoms with Gasteiger partial charge in [-0.15, -0.1) is 0 Å². The van der Waals surface area contributed by atoms with Crippen LogP contribution >= 0.6 is 0 Å². The van der Waals surface area contributed by atoms with Crippen LogP contribution in [0, 0.1) is 11.7 Å². The largest absolute Gasteiger partial charge is 0.483 e. The van der Waals surface area contributed by atoms with Crippen molar-refractivity contribution in [2.24, 2.45) is 5.92 Å². The second-order valence-electron chi connectivity index (χ2n) is 8.47. The molecule has 0 radical (unpaired) electrons. The van der Waals surface area contributed by atoms with Crippen LogP contribution in [0.2, 0.25) is 0 Å². The van der Waals surface area contributed by atoms with Gasteiger partial charge >= 0.3 is 6.18 Å². The first kappa shape index (κ1) is 26.5. The number of aliphatic hydroxyl groups is 1. The maximum absolute atomic E-state index is 14.4. The number of furan rings is 1. The molecule has 9 heteroatoms. The van der Waals surface area contributed by atoms with Crippen molar-refractivity contribution >= 4 is 16.9 Å². The number of para-hydroxylation sites is 1. The number of aliphatic hydroxyl groups excluding tert-OH is 1. The van der Waals surface area contributed by atoms with Gasteiger partial charge in [-0.3, -0.25) is 4.79 Å². The maximum Gasteiger partial charge on any atom is 0.422 e. The van der Waals surface area contributed by atoms with E-state index in [1.54, 1.807) is 6.07 Å². The number of carbonyl (C=O) groups excluding carboxylic acids is 1. The first-order valence-electron chi connectivity index (χ1n) is 11.6. The predicted molar refractivity (Wildman–Crippen MR) is 125 cm³/mol. The van der Waals surface area contributed by atoms with Gasteiger partial charge in [0.2, 0.25) is 0 Å². The van der Waals surface area contributed by atoms with Crippen LogP contribution in [0.5, 0.6) is 5.75 Å². The van der Waals surface area contributed by atoms with E-state index in [2.05, 4.69) is 12.2 Å². The van der Waals surface area contributed by atoms with Gasteiger partial charge in [-0.05, 0) is 49.4 Å². The summed E-state index contributed by atoms with van der Waals surface area (Å²) in [5.41, 5.74) is 0.558. The summed E-state index contributed by atoms with van der Waals surface area (Å²) in [6.45, 7) is 1.09. The highest BCUT2D eigenvalue weighted by molar-refractivity contribution is 6.00. The number of amides is 1. The molecule has 2 N–H and O–H groups in total. The monoisotopic (exact) mass is 495 g/mol. The molecule has 2 aromatic carbocycles. The van der Waals surface area contributed by atoms with Gasteiger partial charge in [0.25, 0.3) is 5.91 Å². The topological polar surface area (TPSA) is 71.7 Å². The van der Waals surface area contributed by atoms with Crippen molar-refractivity contribution < 1.29 is 36.6 Å². The van der Waals surface area contributed by atoms with Gasteiger partial charge in [0.1, 0.15) is 17.1 Å². The fraction of sp³-hybridized carbons (Fsp3) is 0.423. The Bertz CT molecular complexity index is 1130. The quantitative estimate of drug-likeness (QED) is 0.223. The second-order valence-corrected chi connectivity index (χ2v) is 8.47. The van der Waals surface area contributed by atoms with Gasteiger partial charge in [0, 0.05) is 29.7 Å². The first-order valence-corrected chi connectivity index (χ1v) is 11.6. The highest BCUT2D eigenvalue weighted by Gasteiger charge is 2.29. The zero-order valence-electron chi connectivity index (χ0n) is 19.5. The number of fused-ring (bicyclic) bond motifs is 1. The Hall–Kier alpha value is -3.07. The molecular formula is C26H29F4NO4. The number of alkyl halides is 3. The lowest BCUT2D eigenvalue weighted by Crippen LogP contribution is -2.24. The van der Waals surface area contributed by atoms with Crippen molar-refractivity contribution in [2.45, 2.75) is 45.2 Å². The van der Waals surface area contributed by atoms with Crippen LogP contribution in [0.1, 0.15) is 49.6 Å². The molecule has 0 aliphatic rings. The number of benzene rings is 2. The Morgan fingerprint density at radius 2 is 1.86 bits per heavy atom. The summed E-state index contributed by atoms with van der Waals surface area (Å²) < 4.78 is 63.0. The van der Waals surface area contributed by atoms with E-state index >= 15 is 0 Å². The lowest BCUT2D eigenvalue weighted by molar-refractivity contribution is -0.153. The highest BCUT2D eigenvalue weighted by atomic mass is 19.4.